The van der Waals surface area contributed by atoms with Crippen molar-refractivity contribution in [2.45, 2.75) is 6.92 Å². The van der Waals surface area contributed by atoms with Crippen LogP contribution in [0.25, 0.3) is 0 Å². The lowest BCUT2D eigenvalue weighted by molar-refractivity contribution is -0.118. The fourth-order valence-corrected chi connectivity index (χ4v) is 3.28. The van der Waals surface area contributed by atoms with E-state index in [4.69, 9.17) is 9.47 Å². The van der Waals surface area contributed by atoms with Gasteiger partial charge in [0, 0.05) is 5.69 Å². The van der Waals surface area contributed by atoms with E-state index in [9.17, 15) is 9.59 Å². The number of amides is 2. The summed E-state index contributed by atoms with van der Waals surface area (Å²) in [5.41, 5.74) is 1.23. The second-order valence-corrected chi connectivity index (χ2v) is 6.74. The molecule has 0 spiro atoms. The summed E-state index contributed by atoms with van der Waals surface area (Å²) in [7, 11) is 1.53. The number of aromatic nitrogens is 1. The molecule has 28 heavy (non-hydrogen) atoms. The largest absolute Gasteiger partial charge is 0.493 e. The summed E-state index contributed by atoms with van der Waals surface area (Å²) in [5.74, 6) is 0.361. The molecule has 0 fully saturated rings. The maximum absolute atomic E-state index is 12.4. The van der Waals surface area contributed by atoms with Gasteiger partial charge in [-0.05, 0) is 31.2 Å². The van der Waals surface area contributed by atoms with Crippen molar-refractivity contribution in [3.8, 4) is 11.5 Å². The molecule has 3 aromatic rings. The number of rotatable bonds is 7. The lowest BCUT2D eigenvalue weighted by atomic mass is 10.3. The van der Waals surface area contributed by atoms with E-state index in [1.165, 1.54) is 7.11 Å². The molecular formula is C20H19N3O4S. The number of nitrogens with zero attached hydrogens (tertiary/aromatic N) is 1. The number of carbonyl (C=O) groups excluding carboxylic acids is 2. The highest BCUT2D eigenvalue weighted by Crippen LogP contribution is 2.26. The van der Waals surface area contributed by atoms with E-state index in [1.54, 1.807) is 37.3 Å². The number of hydrogen-bond acceptors (Lipinski definition) is 6. The summed E-state index contributed by atoms with van der Waals surface area (Å²) < 4.78 is 10.7. The summed E-state index contributed by atoms with van der Waals surface area (Å²) in [6, 6.07) is 16.2. The number of aryl methyl sites for hydroxylation is 1. The average Bonchev–Trinajstić information content (AvgIpc) is 3.07. The van der Waals surface area contributed by atoms with E-state index in [0.717, 1.165) is 11.3 Å². The minimum Gasteiger partial charge on any atom is -0.493 e. The molecule has 0 atom stereocenters. The van der Waals surface area contributed by atoms with Crippen LogP contribution in [0.2, 0.25) is 0 Å². The van der Waals surface area contributed by atoms with Crippen LogP contribution in [0.5, 0.6) is 11.5 Å². The molecular weight excluding hydrogens is 378 g/mol. The van der Waals surface area contributed by atoms with Crippen molar-refractivity contribution in [3.05, 3.63) is 65.2 Å². The van der Waals surface area contributed by atoms with Crippen LogP contribution in [0.1, 0.15) is 15.4 Å². The Morgan fingerprint density at radius 3 is 2.39 bits per heavy atom. The molecule has 0 aliphatic rings. The Morgan fingerprint density at radius 1 is 1.00 bits per heavy atom. The molecule has 8 heteroatoms. The molecule has 2 aromatic carbocycles. The summed E-state index contributed by atoms with van der Waals surface area (Å²) in [5, 5.41) is 5.79. The zero-order valence-electron chi connectivity index (χ0n) is 15.4. The highest BCUT2D eigenvalue weighted by atomic mass is 32.1. The smallest absolute Gasteiger partial charge is 0.267 e. The first-order valence-electron chi connectivity index (χ1n) is 8.46. The molecule has 1 heterocycles. The van der Waals surface area contributed by atoms with Gasteiger partial charge in [0.25, 0.3) is 11.8 Å². The van der Waals surface area contributed by atoms with Crippen molar-refractivity contribution in [2.24, 2.45) is 0 Å². The van der Waals surface area contributed by atoms with Gasteiger partial charge in [0.1, 0.15) is 4.88 Å². The SMILES string of the molecule is COc1ccccc1OCC(=O)Nc1nc(C)c(C(=O)Nc2ccccc2)s1. The number of ether oxygens (including phenoxy) is 2. The number of hydrogen-bond donors (Lipinski definition) is 2. The third-order valence-corrected chi connectivity index (χ3v) is 4.78. The normalized spacial score (nSPS) is 10.2. The van der Waals surface area contributed by atoms with Gasteiger partial charge in [-0.2, -0.15) is 0 Å². The molecule has 0 saturated heterocycles. The Labute approximate surface area is 166 Å². The Bertz CT molecular complexity index is 973. The lowest BCUT2D eigenvalue weighted by Crippen LogP contribution is -2.20. The first-order valence-corrected chi connectivity index (χ1v) is 9.28. The molecule has 0 radical (unpaired) electrons. The quantitative estimate of drug-likeness (QED) is 0.634. The van der Waals surface area contributed by atoms with Gasteiger partial charge in [-0.3, -0.25) is 14.9 Å². The topological polar surface area (TPSA) is 89.6 Å². The minimum atomic E-state index is -0.380. The summed E-state index contributed by atoms with van der Waals surface area (Å²) in [6.45, 7) is 1.52. The molecule has 0 saturated carbocycles. The van der Waals surface area contributed by atoms with Gasteiger partial charge in [0.15, 0.2) is 23.2 Å². The van der Waals surface area contributed by atoms with Crippen molar-refractivity contribution in [1.82, 2.24) is 4.98 Å². The maximum Gasteiger partial charge on any atom is 0.267 e. The molecule has 1 aromatic heterocycles. The van der Waals surface area contributed by atoms with Crippen molar-refractivity contribution in [2.75, 3.05) is 24.4 Å². The van der Waals surface area contributed by atoms with Crippen molar-refractivity contribution < 1.29 is 19.1 Å². The molecule has 0 unspecified atom stereocenters. The molecule has 7 nitrogen and oxygen atoms in total. The van der Waals surface area contributed by atoms with E-state index < -0.39 is 0 Å². The molecule has 0 aliphatic heterocycles. The number of nitrogens with one attached hydrogen (secondary N) is 2. The van der Waals surface area contributed by atoms with Crippen LogP contribution in [-0.4, -0.2) is 30.5 Å². The highest BCUT2D eigenvalue weighted by molar-refractivity contribution is 7.17. The van der Waals surface area contributed by atoms with Crippen LogP contribution < -0.4 is 20.1 Å². The van der Waals surface area contributed by atoms with Crippen molar-refractivity contribution >= 4 is 34.0 Å². The average molecular weight is 397 g/mol. The molecule has 144 valence electrons. The number of benzene rings is 2. The summed E-state index contributed by atoms with van der Waals surface area (Å²) >= 11 is 1.11. The van der Waals surface area contributed by atoms with Gasteiger partial charge in [0.2, 0.25) is 0 Å². The number of methoxy groups -OCH3 is 1. The Hall–Kier alpha value is -3.39. The van der Waals surface area contributed by atoms with Crippen LogP contribution in [0.4, 0.5) is 10.8 Å². The zero-order chi connectivity index (χ0) is 19.9. The van der Waals surface area contributed by atoms with Crippen molar-refractivity contribution in [3.63, 3.8) is 0 Å². The van der Waals surface area contributed by atoms with Crippen LogP contribution >= 0.6 is 11.3 Å². The molecule has 3 rings (SSSR count). The highest BCUT2D eigenvalue weighted by Gasteiger charge is 2.17. The monoisotopic (exact) mass is 397 g/mol. The number of carbonyl (C=O) groups is 2. The van der Waals surface area contributed by atoms with Gasteiger partial charge < -0.3 is 14.8 Å². The predicted octanol–water partition coefficient (Wildman–Crippen LogP) is 3.73. The minimum absolute atomic E-state index is 0.204. The van der Waals surface area contributed by atoms with Gasteiger partial charge >= 0.3 is 0 Å². The third kappa shape index (κ3) is 4.86. The first kappa shape index (κ1) is 19.4. The standard InChI is InChI=1S/C20H19N3O4S/c1-13-18(19(25)22-14-8-4-3-5-9-14)28-20(21-13)23-17(24)12-27-16-11-7-6-10-15(16)26-2/h3-11H,12H2,1-2H3,(H,22,25)(H,21,23,24). The van der Waals surface area contributed by atoms with E-state index >= 15 is 0 Å². The van der Waals surface area contributed by atoms with Crippen molar-refractivity contribution in [1.29, 1.82) is 0 Å². The summed E-state index contributed by atoms with van der Waals surface area (Å²) in [4.78, 5) is 29.3. The maximum atomic E-state index is 12.4. The van der Waals surface area contributed by atoms with Gasteiger partial charge in [-0.1, -0.05) is 41.7 Å². The fourth-order valence-electron chi connectivity index (χ4n) is 2.41. The predicted molar refractivity (Wildman–Crippen MR) is 108 cm³/mol. The van der Waals surface area contributed by atoms with Crippen LogP contribution in [0.3, 0.4) is 0 Å². The van der Waals surface area contributed by atoms with Gasteiger partial charge in [-0.15, -0.1) is 0 Å². The molecule has 0 bridgehead atoms. The lowest BCUT2D eigenvalue weighted by Gasteiger charge is -2.09. The van der Waals surface area contributed by atoms with Gasteiger partial charge in [-0.25, -0.2) is 4.98 Å². The van der Waals surface area contributed by atoms with E-state index in [1.807, 2.05) is 24.3 Å². The molecule has 2 N–H and O–H groups in total. The number of thiazole rings is 1. The van der Waals surface area contributed by atoms with Gasteiger partial charge in [0.05, 0.1) is 12.8 Å². The van der Waals surface area contributed by atoms with E-state index in [2.05, 4.69) is 15.6 Å². The second kappa shape index (κ2) is 9.01. The number of para-hydroxylation sites is 3. The molecule has 2 amide bonds. The second-order valence-electron chi connectivity index (χ2n) is 5.74. The van der Waals surface area contributed by atoms with Crippen LogP contribution in [-0.2, 0) is 4.79 Å². The fraction of sp³-hybridized carbons (Fsp3) is 0.150. The third-order valence-electron chi connectivity index (χ3n) is 3.71. The Balaban J connectivity index is 1.59. The zero-order valence-corrected chi connectivity index (χ0v) is 16.2. The van der Waals surface area contributed by atoms with E-state index in [0.29, 0.717) is 32.9 Å². The number of anilines is 2. The Morgan fingerprint density at radius 2 is 1.68 bits per heavy atom. The van der Waals surface area contributed by atoms with Crippen LogP contribution in [0, 0.1) is 6.92 Å². The Kier molecular flexibility index (Phi) is 6.23. The molecule has 0 aliphatic carbocycles. The summed E-state index contributed by atoms with van der Waals surface area (Å²) in [6.07, 6.45) is 0. The van der Waals surface area contributed by atoms with E-state index in [-0.39, 0.29) is 18.4 Å². The van der Waals surface area contributed by atoms with Crippen LogP contribution in [0.15, 0.2) is 54.6 Å². The first-order chi connectivity index (χ1) is 13.6.